The molecule has 0 bridgehead atoms. The van der Waals surface area contributed by atoms with E-state index in [0.29, 0.717) is 6.04 Å². The van der Waals surface area contributed by atoms with E-state index in [-0.39, 0.29) is 24.8 Å². The van der Waals surface area contributed by atoms with Gasteiger partial charge in [0.05, 0.1) is 0 Å². The number of benzene rings is 1. The Bertz CT molecular complexity index is 541. The molecule has 3 amide bonds. The smallest absolute Gasteiger partial charge is 0.407 e. The lowest BCUT2D eigenvalue weighted by Crippen LogP contribution is -2.45. The van der Waals surface area contributed by atoms with Gasteiger partial charge < -0.3 is 20.3 Å². The van der Waals surface area contributed by atoms with Gasteiger partial charge in [-0.05, 0) is 31.2 Å². The fraction of sp³-hybridized carbons (Fsp3) is 0.529. The zero-order valence-corrected chi connectivity index (χ0v) is 13.2. The van der Waals surface area contributed by atoms with Gasteiger partial charge in [0, 0.05) is 25.2 Å². The number of hydrogen-bond donors (Lipinski definition) is 2. The summed E-state index contributed by atoms with van der Waals surface area (Å²) in [5.74, 6) is 0. The van der Waals surface area contributed by atoms with E-state index in [0.717, 1.165) is 44.3 Å². The maximum Gasteiger partial charge on any atom is 0.407 e. The number of urea groups is 1. The Morgan fingerprint density at radius 3 is 2.61 bits per heavy atom. The molecule has 2 aliphatic rings. The molecule has 6 heteroatoms. The summed E-state index contributed by atoms with van der Waals surface area (Å²) in [5.41, 5.74) is 0.978. The topological polar surface area (TPSA) is 70.7 Å². The summed E-state index contributed by atoms with van der Waals surface area (Å²) in [6.45, 7) is 1.82. The average Bonchev–Trinajstić information content (AvgIpc) is 3.01. The molecule has 0 atom stereocenters. The van der Waals surface area contributed by atoms with E-state index in [4.69, 9.17) is 4.74 Å². The van der Waals surface area contributed by atoms with E-state index in [1.54, 1.807) is 0 Å². The monoisotopic (exact) mass is 317 g/mol. The van der Waals surface area contributed by atoms with Gasteiger partial charge in [-0.1, -0.05) is 30.3 Å². The third-order valence-electron chi connectivity index (χ3n) is 4.56. The molecular formula is C17H23N3O3. The van der Waals surface area contributed by atoms with Gasteiger partial charge in [-0.3, -0.25) is 0 Å². The van der Waals surface area contributed by atoms with E-state index in [1.165, 1.54) is 0 Å². The highest BCUT2D eigenvalue weighted by Gasteiger charge is 2.31. The minimum absolute atomic E-state index is 0.0451. The van der Waals surface area contributed by atoms with Gasteiger partial charge in [-0.25, -0.2) is 9.59 Å². The van der Waals surface area contributed by atoms with Crippen LogP contribution in [0, 0.1) is 0 Å². The summed E-state index contributed by atoms with van der Waals surface area (Å²) in [4.78, 5) is 25.5. The van der Waals surface area contributed by atoms with Crippen molar-refractivity contribution in [2.75, 3.05) is 13.1 Å². The molecule has 124 valence electrons. The van der Waals surface area contributed by atoms with Crippen LogP contribution in [0.4, 0.5) is 9.59 Å². The Kier molecular flexibility index (Phi) is 5.00. The third kappa shape index (κ3) is 4.15. The summed E-state index contributed by atoms with van der Waals surface area (Å²) in [5, 5.41) is 5.77. The molecule has 1 aliphatic heterocycles. The first-order valence-electron chi connectivity index (χ1n) is 8.24. The molecule has 0 unspecified atom stereocenters. The van der Waals surface area contributed by atoms with Crippen LogP contribution in [0.25, 0.3) is 0 Å². The van der Waals surface area contributed by atoms with Crippen molar-refractivity contribution >= 4 is 12.1 Å². The van der Waals surface area contributed by atoms with Crippen LogP contribution < -0.4 is 10.6 Å². The summed E-state index contributed by atoms with van der Waals surface area (Å²) in [6, 6.07) is 10.1. The predicted octanol–water partition coefficient (Wildman–Crippen LogP) is 2.25. The summed E-state index contributed by atoms with van der Waals surface area (Å²) < 4.78 is 5.25. The number of carbonyl (C=O) groups excluding carboxylic acids is 2. The lowest BCUT2D eigenvalue weighted by molar-refractivity contribution is 0.127. The van der Waals surface area contributed by atoms with Crippen molar-refractivity contribution in [3.8, 4) is 0 Å². The number of rotatable bonds is 4. The van der Waals surface area contributed by atoms with Gasteiger partial charge >= 0.3 is 12.1 Å². The number of nitrogens with zero attached hydrogens (tertiary/aromatic N) is 1. The SMILES string of the molecule is O=C(N[C@H]1CC[C@H](N2CCNC2=O)CC1)OCc1ccccc1. The molecule has 1 heterocycles. The highest BCUT2D eigenvalue weighted by molar-refractivity contribution is 5.76. The quantitative estimate of drug-likeness (QED) is 0.895. The lowest BCUT2D eigenvalue weighted by Gasteiger charge is -2.33. The molecule has 1 aromatic rings. The van der Waals surface area contributed by atoms with E-state index in [9.17, 15) is 9.59 Å². The molecule has 0 spiro atoms. The zero-order valence-electron chi connectivity index (χ0n) is 13.2. The summed E-state index contributed by atoms with van der Waals surface area (Å²) in [6.07, 6.45) is 3.26. The molecule has 1 aromatic carbocycles. The van der Waals surface area contributed by atoms with Crippen molar-refractivity contribution < 1.29 is 14.3 Å². The van der Waals surface area contributed by atoms with E-state index >= 15 is 0 Å². The lowest BCUT2D eigenvalue weighted by atomic mass is 9.90. The minimum Gasteiger partial charge on any atom is -0.445 e. The van der Waals surface area contributed by atoms with Crippen molar-refractivity contribution in [3.05, 3.63) is 35.9 Å². The van der Waals surface area contributed by atoms with Gasteiger partial charge in [-0.2, -0.15) is 0 Å². The van der Waals surface area contributed by atoms with Crippen LogP contribution >= 0.6 is 0 Å². The van der Waals surface area contributed by atoms with Gasteiger partial charge in [0.25, 0.3) is 0 Å². The van der Waals surface area contributed by atoms with E-state index < -0.39 is 0 Å². The molecule has 1 saturated carbocycles. The maximum atomic E-state index is 11.9. The van der Waals surface area contributed by atoms with Gasteiger partial charge in [0.15, 0.2) is 0 Å². The first-order chi connectivity index (χ1) is 11.2. The Hall–Kier alpha value is -2.24. The second kappa shape index (κ2) is 7.35. The van der Waals surface area contributed by atoms with E-state index in [1.807, 2.05) is 35.2 Å². The summed E-state index contributed by atoms with van der Waals surface area (Å²) >= 11 is 0. The van der Waals surface area contributed by atoms with Crippen LogP contribution in [-0.2, 0) is 11.3 Å². The first-order valence-corrected chi connectivity index (χ1v) is 8.24. The molecule has 6 nitrogen and oxygen atoms in total. The second-order valence-corrected chi connectivity index (χ2v) is 6.14. The molecule has 2 fully saturated rings. The molecule has 1 aliphatic carbocycles. The second-order valence-electron chi connectivity index (χ2n) is 6.14. The maximum absolute atomic E-state index is 11.9. The molecule has 0 radical (unpaired) electrons. The number of hydrogen-bond acceptors (Lipinski definition) is 3. The number of alkyl carbamates (subject to hydrolysis) is 1. The first kappa shape index (κ1) is 15.6. The molecule has 1 saturated heterocycles. The highest BCUT2D eigenvalue weighted by Crippen LogP contribution is 2.24. The molecule has 23 heavy (non-hydrogen) atoms. The van der Waals surface area contributed by atoms with Gasteiger partial charge in [0.1, 0.15) is 6.61 Å². The van der Waals surface area contributed by atoms with Crippen molar-refractivity contribution in [1.29, 1.82) is 0 Å². The largest absolute Gasteiger partial charge is 0.445 e. The fourth-order valence-electron chi connectivity index (χ4n) is 3.30. The van der Waals surface area contributed by atoms with Crippen molar-refractivity contribution in [2.24, 2.45) is 0 Å². The van der Waals surface area contributed by atoms with E-state index in [2.05, 4.69) is 10.6 Å². The Morgan fingerprint density at radius 1 is 1.22 bits per heavy atom. The average molecular weight is 317 g/mol. The highest BCUT2D eigenvalue weighted by atomic mass is 16.5. The van der Waals surface area contributed by atoms with Crippen LogP contribution in [0.5, 0.6) is 0 Å². The normalized spacial score (nSPS) is 24.2. The number of carbonyl (C=O) groups is 2. The minimum atomic E-state index is -0.365. The Balaban J connectivity index is 1.38. The fourth-order valence-corrected chi connectivity index (χ4v) is 3.30. The number of amides is 3. The zero-order chi connectivity index (χ0) is 16.1. The Morgan fingerprint density at radius 2 is 1.96 bits per heavy atom. The standard InChI is InChI=1S/C17H23N3O3/c21-16-18-10-11-20(16)15-8-6-14(7-9-15)19-17(22)23-12-13-4-2-1-3-5-13/h1-5,14-15H,6-12H2,(H,18,21)(H,19,22)/t14-,15-. The number of nitrogens with one attached hydrogen (secondary N) is 2. The third-order valence-corrected chi connectivity index (χ3v) is 4.56. The van der Waals surface area contributed by atoms with Crippen molar-refractivity contribution in [3.63, 3.8) is 0 Å². The van der Waals surface area contributed by atoms with Crippen LogP contribution in [-0.4, -0.2) is 42.2 Å². The molecule has 0 aromatic heterocycles. The summed E-state index contributed by atoms with van der Waals surface area (Å²) in [7, 11) is 0. The van der Waals surface area contributed by atoms with Crippen LogP contribution in [0.2, 0.25) is 0 Å². The van der Waals surface area contributed by atoms with Gasteiger partial charge in [0.2, 0.25) is 0 Å². The molecular weight excluding hydrogens is 294 g/mol. The predicted molar refractivity (Wildman–Crippen MR) is 85.9 cm³/mol. The molecule has 3 rings (SSSR count). The van der Waals surface area contributed by atoms with Crippen LogP contribution in [0.1, 0.15) is 31.2 Å². The number of ether oxygens (including phenoxy) is 1. The van der Waals surface area contributed by atoms with Crippen molar-refractivity contribution in [2.45, 2.75) is 44.4 Å². The molecule has 2 N–H and O–H groups in total. The van der Waals surface area contributed by atoms with Crippen LogP contribution in [0.15, 0.2) is 30.3 Å². The van der Waals surface area contributed by atoms with Gasteiger partial charge in [-0.15, -0.1) is 0 Å². The van der Waals surface area contributed by atoms with Crippen LogP contribution in [0.3, 0.4) is 0 Å². The van der Waals surface area contributed by atoms with Crippen molar-refractivity contribution in [1.82, 2.24) is 15.5 Å². The Labute approximate surface area is 136 Å².